The molecule has 0 bridgehead atoms. The van der Waals surface area contributed by atoms with Gasteiger partial charge in [0.2, 0.25) is 11.9 Å². The van der Waals surface area contributed by atoms with Crippen LogP contribution in [0.1, 0.15) is 18.9 Å². The summed E-state index contributed by atoms with van der Waals surface area (Å²) < 4.78 is 21.8. The maximum absolute atomic E-state index is 16.6. The summed E-state index contributed by atoms with van der Waals surface area (Å²) in [6.07, 6.45) is 3.72. The second-order valence-electron chi connectivity index (χ2n) is 9.75. The molecule has 4 aromatic rings. The van der Waals surface area contributed by atoms with Crippen LogP contribution in [0, 0.1) is 12.7 Å². The Bertz CT molecular complexity index is 1550. The number of aryl methyl sites for hydroxylation is 1. The van der Waals surface area contributed by atoms with Gasteiger partial charge in [0.05, 0.1) is 16.7 Å². The van der Waals surface area contributed by atoms with Gasteiger partial charge in [0.15, 0.2) is 5.82 Å². The Balaban J connectivity index is 1.65. The normalized spacial score (nSPS) is 14.7. The molecule has 1 fully saturated rings. The van der Waals surface area contributed by atoms with E-state index in [1.54, 1.807) is 24.3 Å². The molecule has 1 unspecified atom stereocenters. The molecular weight excluding hydrogens is 521 g/mol. The second kappa shape index (κ2) is 11.2. The monoisotopic (exact) mass is 551 g/mol. The van der Waals surface area contributed by atoms with Crippen LogP contribution in [0.3, 0.4) is 0 Å². The van der Waals surface area contributed by atoms with E-state index >= 15 is 4.39 Å². The van der Waals surface area contributed by atoms with Gasteiger partial charge < -0.3 is 19.9 Å². The molecule has 9 nitrogen and oxygen atoms in total. The van der Waals surface area contributed by atoms with Gasteiger partial charge in [-0.2, -0.15) is 10.1 Å². The summed E-state index contributed by atoms with van der Waals surface area (Å²) in [5.41, 5.74) is 2.78. The van der Waals surface area contributed by atoms with Crippen LogP contribution in [0.25, 0.3) is 32.9 Å². The van der Waals surface area contributed by atoms with Gasteiger partial charge in [-0.05, 0) is 44.0 Å². The molecule has 204 valence electrons. The van der Waals surface area contributed by atoms with Crippen LogP contribution >= 0.6 is 11.6 Å². The number of carbonyl (C=O) groups is 1. The molecule has 39 heavy (non-hydrogen) atoms. The summed E-state index contributed by atoms with van der Waals surface area (Å²) in [6.45, 7) is 10.1. The van der Waals surface area contributed by atoms with E-state index in [1.165, 1.54) is 6.08 Å². The van der Waals surface area contributed by atoms with Gasteiger partial charge in [0, 0.05) is 67.8 Å². The summed E-state index contributed by atoms with van der Waals surface area (Å²) in [4.78, 5) is 25.3. The molecule has 5 rings (SSSR count). The number of methoxy groups -OCH3 is 1. The minimum atomic E-state index is -0.522. The number of rotatable bonds is 8. The van der Waals surface area contributed by atoms with E-state index in [4.69, 9.17) is 21.3 Å². The summed E-state index contributed by atoms with van der Waals surface area (Å²) in [6, 6.07) is 5.56. The second-order valence-corrected chi connectivity index (χ2v) is 10.2. The lowest BCUT2D eigenvalue weighted by Gasteiger charge is -2.35. The number of ether oxygens (including phenoxy) is 1. The van der Waals surface area contributed by atoms with E-state index in [2.05, 4.69) is 27.1 Å². The van der Waals surface area contributed by atoms with E-state index in [9.17, 15) is 4.79 Å². The van der Waals surface area contributed by atoms with Gasteiger partial charge >= 0.3 is 0 Å². The van der Waals surface area contributed by atoms with Crippen LogP contribution in [0.15, 0.2) is 37.1 Å². The van der Waals surface area contributed by atoms with E-state index in [-0.39, 0.29) is 28.1 Å². The number of hydrogen-bond donors (Lipinski definition) is 2. The first kappa shape index (κ1) is 26.8. The van der Waals surface area contributed by atoms with Crippen molar-refractivity contribution in [2.45, 2.75) is 26.3 Å². The average molecular weight is 552 g/mol. The molecule has 1 aliphatic rings. The van der Waals surface area contributed by atoms with Crippen LogP contribution in [-0.4, -0.2) is 76.9 Å². The summed E-state index contributed by atoms with van der Waals surface area (Å²) in [7, 11) is 1.65. The third-order valence-corrected chi connectivity index (χ3v) is 7.44. The maximum Gasteiger partial charge on any atom is 0.246 e. The lowest BCUT2D eigenvalue weighted by Crippen LogP contribution is -2.48. The Hall–Kier alpha value is -3.76. The highest BCUT2D eigenvalue weighted by Gasteiger charge is 2.27. The van der Waals surface area contributed by atoms with Gasteiger partial charge in [0.1, 0.15) is 11.3 Å². The van der Waals surface area contributed by atoms with Gasteiger partial charge in [-0.25, -0.2) is 9.37 Å². The van der Waals surface area contributed by atoms with E-state index in [0.717, 1.165) is 22.9 Å². The molecule has 2 N–H and O–H groups in total. The number of nitrogens with zero attached hydrogens (tertiary/aromatic N) is 5. The van der Waals surface area contributed by atoms with Crippen molar-refractivity contribution < 1.29 is 13.9 Å². The van der Waals surface area contributed by atoms with Crippen molar-refractivity contribution >= 4 is 51.1 Å². The predicted octanol–water partition coefficient (Wildman–Crippen LogP) is 4.95. The quantitative estimate of drug-likeness (QED) is 0.299. The molecule has 1 aliphatic heterocycles. The van der Waals surface area contributed by atoms with Crippen molar-refractivity contribution in [1.29, 1.82) is 0 Å². The molecule has 1 saturated heterocycles. The highest BCUT2D eigenvalue weighted by Crippen LogP contribution is 2.42. The molecular formula is C28H31ClFN7O2. The first-order valence-electron chi connectivity index (χ1n) is 12.9. The molecule has 1 amide bonds. The SMILES string of the molecule is C=CC(=O)N1CCN(c2nc(NC(C)CCOC)nc3c(F)c(-c4c(C)ccc5[nH]ncc45)c(Cl)cc23)CC1. The van der Waals surface area contributed by atoms with E-state index in [0.29, 0.717) is 55.5 Å². The van der Waals surface area contributed by atoms with E-state index in [1.807, 2.05) is 30.9 Å². The molecule has 0 aliphatic carbocycles. The van der Waals surface area contributed by atoms with Crippen LogP contribution < -0.4 is 10.2 Å². The standard InChI is InChI=1S/C28H31ClFN7O2/c1-5-22(38)36-9-11-37(12-10-36)27-18-14-20(29)24(23-16(2)6-7-21-19(23)15-31-35-21)25(30)26(18)33-28(34-27)32-17(3)8-13-39-4/h5-7,14-15,17H,1,8-13H2,2-4H3,(H,31,35)(H,32,33,34). The van der Waals surface area contributed by atoms with Crippen LogP contribution in [0.5, 0.6) is 0 Å². The lowest BCUT2D eigenvalue weighted by atomic mass is 9.95. The zero-order valence-electron chi connectivity index (χ0n) is 22.2. The number of anilines is 2. The minimum absolute atomic E-state index is 0.00550. The fraction of sp³-hybridized carbons (Fsp3) is 0.357. The van der Waals surface area contributed by atoms with Gasteiger partial charge in [0.25, 0.3) is 0 Å². The number of halogens is 2. The molecule has 2 aromatic heterocycles. The summed E-state index contributed by atoms with van der Waals surface area (Å²) in [5, 5.41) is 11.9. The van der Waals surface area contributed by atoms with Crippen LogP contribution in [0.4, 0.5) is 16.2 Å². The number of carbonyl (C=O) groups excluding carboxylic acids is 1. The number of benzene rings is 2. The molecule has 3 heterocycles. The number of amides is 1. The fourth-order valence-electron chi connectivity index (χ4n) is 5.03. The van der Waals surface area contributed by atoms with Gasteiger partial charge in [-0.3, -0.25) is 9.89 Å². The largest absolute Gasteiger partial charge is 0.385 e. The molecule has 0 saturated carbocycles. The van der Waals surface area contributed by atoms with Crippen molar-refractivity contribution in [3.8, 4) is 11.1 Å². The Morgan fingerprint density at radius 3 is 2.74 bits per heavy atom. The summed E-state index contributed by atoms with van der Waals surface area (Å²) >= 11 is 6.82. The Labute approximate surface area is 231 Å². The fourth-order valence-corrected chi connectivity index (χ4v) is 5.31. The zero-order chi connectivity index (χ0) is 27.7. The smallest absolute Gasteiger partial charge is 0.246 e. The Kier molecular flexibility index (Phi) is 7.67. The van der Waals surface area contributed by atoms with Crippen molar-refractivity contribution in [3.05, 3.63) is 53.5 Å². The minimum Gasteiger partial charge on any atom is -0.385 e. The zero-order valence-corrected chi connectivity index (χ0v) is 23.0. The highest BCUT2D eigenvalue weighted by molar-refractivity contribution is 6.35. The number of fused-ring (bicyclic) bond motifs is 2. The third kappa shape index (κ3) is 5.14. The Morgan fingerprint density at radius 2 is 2.03 bits per heavy atom. The number of aromatic nitrogens is 4. The number of piperazine rings is 1. The molecule has 0 spiro atoms. The van der Waals surface area contributed by atoms with E-state index < -0.39 is 5.82 Å². The van der Waals surface area contributed by atoms with Crippen LogP contribution in [-0.2, 0) is 9.53 Å². The average Bonchev–Trinajstić information content (AvgIpc) is 3.42. The number of hydrogen-bond acceptors (Lipinski definition) is 7. The third-order valence-electron chi connectivity index (χ3n) is 7.14. The topological polar surface area (TPSA) is 99.3 Å². The molecule has 11 heteroatoms. The predicted molar refractivity (Wildman–Crippen MR) is 153 cm³/mol. The first-order chi connectivity index (χ1) is 18.8. The maximum atomic E-state index is 16.6. The molecule has 1 atom stereocenters. The highest BCUT2D eigenvalue weighted by atomic mass is 35.5. The van der Waals surface area contributed by atoms with Crippen molar-refractivity contribution in [2.75, 3.05) is 50.1 Å². The number of H-pyrrole nitrogens is 1. The van der Waals surface area contributed by atoms with Crippen molar-refractivity contribution in [1.82, 2.24) is 25.1 Å². The van der Waals surface area contributed by atoms with Crippen LogP contribution in [0.2, 0.25) is 5.02 Å². The summed E-state index contributed by atoms with van der Waals surface area (Å²) in [5.74, 6) is 0.249. The van der Waals surface area contributed by atoms with Gasteiger partial charge in [-0.15, -0.1) is 0 Å². The van der Waals surface area contributed by atoms with Crippen molar-refractivity contribution in [3.63, 3.8) is 0 Å². The Morgan fingerprint density at radius 1 is 1.26 bits per heavy atom. The first-order valence-corrected chi connectivity index (χ1v) is 13.2. The lowest BCUT2D eigenvalue weighted by molar-refractivity contribution is -0.126. The van der Waals surface area contributed by atoms with Gasteiger partial charge in [-0.1, -0.05) is 24.2 Å². The van der Waals surface area contributed by atoms with Crippen molar-refractivity contribution in [2.24, 2.45) is 0 Å². The number of aromatic amines is 1. The molecule has 2 aromatic carbocycles. The molecule has 0 radical (unpaired) electrons. The number of nitrogens with one attached hydrogen (secondary N) is 2.